The minimum atomic E-state index is -0.122. The summed E-state index contributed by atoms with van der Waals surface area (Å²) < 4.78 is 0. The average molecular weight is 184 g/mol. The first-order valence-corrected chi connectivity index (χ1v) is 5.61. The van der Waals surface area contributed by atoms with Crippen molar-refractivity contribution in [1.82, 2.24) is 0 Å². The van der Waals surface area contributed by atoms with Gasteiger partial charge in [0.1, 0.15) is 0 Å². The maximum absolute atomic E-state index is 10.2. The highest BCUT2D eigenvalue weighted by Crippen LogP contribution is 2.37. The molecule has 0 aliphatic heterocycles. The lowest BCUT2D eigenvalue weighted by Gasteiger charge is -2.39. The Bertz CT molecular complexity index is 157. The summed E-state index contributed by atoms with van der Waals surface area (Å²) >= 11 is 0. The molecule has 0 radical (unpaired) electrons. The Morgan fingerprint density at radius 2 is 1.69 bits per heavy atom. The molecule has 1 fully saturated rings. The van der Waals surface area contributed by atoms with Gasteiger partial charge in [0, 0.05) is 0 Å². The molecule has 0 saturated heterocycles. The molecule has 1 N–H and O–H groups in total. The molecule has 0 aromatic heterocycles. The molecular formula is C12H24O. The summed E-state index contributed by atoms with van der Waals surface area (Å²) in [5.74, 6) is 1.25. The van der Waals surface area contributed by atoms with Crippen molar-refractivity contribution in [1.29, 1.82) is 0 Å². The Balaban J connectivity index is 2.58. The van der Waals surface area contributed by atoms with Gasteiger partial charge in [-0.3, -0.25) is 0 Å². The molecule has 0 aromatic carbocycles. The molecule has 0 bridgehead atoms. The molecular weight excluding hydrogens is 160 g/mol. The van der Waals surface area contributed by atoms with Gasteiger partial charge in [-0.05, 0) is 23.7 Å². The monoisotopic (exact) mass is 184 g/mol. The Morgan fingerprint density at radius 1 is 1.15 bits per heavy atom. The second kappa shape index (κ2) is 4.00. The van der Waals surface area contributed by atoms with Crippen molar-refractivity contribution in [2.45, 2.75) is 59.5 Å². The maximum Gasteiger partial charge on any atom is 0.0619 e. The van der Waals surface area contributed by atoms with Crippen LogP contribution in [0.5, 0.6) is 0 Å². The fourth-order valence-corrected chi connectivity index (χ4v) is 2.46. The Morgan fingerprint density at radius 3 is 2.15 bits per heavy atom. The zero-order valence-corrected chi connectivity index (χ0v) is 9.51. The van der Waals surface area contributed by atoms with Crippen molar-refractivity contribution >= 4 is 0 Å². The molecule has 0 heterocycles. The normalized spacial score (nSPS) is 33.0. The third-order valence-corrected chi connectivity index (χ3v) is 3.47. The highest BCUT2D eigenvalue weighted by molar-refractivity contribution is 4.85. The van der Waals surface area contributed by atoms with Crippen LogP contribution in [0.4, 0.5) is 0 Å². The molecule has 0 amide bonds. The predicted molar refractivity (Wildman–Crippen MR) is 56.6 cm³/mol. The van der Waals surface area contributed by atoms with Gasteiger partial charge in [0.15, 0.2) is 0 Å². The van der Waals surface area contributed by atoms with Crippen LogP contribution in [0.1, 0.15) is 53.4 Å². The molecule has 0 spiro atoms. The highest BCUT2D eigenvalue weighted by Gasteiger charge is 2.34. The Labute approximate surface area is 82.5 Å². The summed E-state index contributed by atoms with van der Waals surface area (Å²) in [6.45, 7) is 8.70. The third-order valence-electron chi connectivity index (χ3n) is 3.47. The number of hydrogen-bond donors (Lipinski definition) is 1. The van der Waals surface area contributed by atoms with Crippen LogP contribution in [0.15, 0.2) is 0 Å². The van der Waals surface area contributed by atoms with E-state index in [4.69, 9.17) is 0 Å². The fraction of sp³-hybridized carbons (Fsp3) is 1.00. The summed E-state index contributed by atoms with van der Waals surface area (Å²) in [6, 6.07) is 0. The number of aliphatic hydroxyl groups excluding tert-OH is 1. The topological polar surface area (TPSA) is 20.2 Å². The molecule has 1 aliphatic carbocycles. The molecule has 1 nitrogen and oxygen atoms in total. The number of aliphatic hydroxyl groups is 1. The van der Waals surface area contributed by atoms with Crippen molar-refractivity contribution in [2.75, 3.05) is 0 Å². The van der Waals surface area contributed by atoms with Crippen LogP contribution in [0.25, 0.3) is 0 Å². The molecule has 1 rings (SSSR count). The van der Waals surface area contributed by atoms with Crippen molar-refractivity contribution in [2.24, 2.45) is 17.3 Å². The Kier molecular flexibility index (Phi) is 3.39. The lowest BCUT2D eigenvalue weighted by Crippen LogP contribution is -2.38. The first-order chi connectivity index (χ1) is 5.93. The van der Waals surface area contributed by atoms with Crippen LogP contribution < -0.4 is 0 Å². The summed E-state index contributed by atoms with van der Waals surface area (Å²) in [6.07, 6.45) is 5.07. The average Bonchev–Trinajstić information content (AvgIpc) is 2.02. The van der Waals surface area contributed by atoms with Gasteiger partial charge in [-0.2, -0.15) is 0 Å². The van der Waals surface area contributed by atoms with Gasteiger partial charge in [-0.25, -0.2) is 0 Å². The number of hydrogen-bond acceptors (Lipinski definition) is 1. The SMILES string of the molecule is CC1CCCCC1C(O)C(C)(C)C. The van der Waals surface area contributed by atoms with Crippen LogP contribution >= 0.6 is 0 Å². The summed E-state index contributed by atoms with van der Waals surface area (Å²) in [7, 11) is 0. The minimum Gasteiger partial charge on any atom is -0.392 e. The van der Waals surface area contributed by atoms with E-state index in [1.807, 2.05) is 0 Å². The lowest BCUT2D eigenvalue weighted by atomic mass is 9.70. The van der Waals surface area contributed by atoms with Gasteiger partial charge in [0.2, 0.25) is 0 Å². The van der Waals surface area contributed by atoms with Gasteiger partial charge in [0.25, 0.3) is 0 Å². The third kappa shape index (κ3) is 2.70. The van der Waals surface area contributed by atoms with E-state index in [-0.39, 0.29) is 11.5 Å². The zero-order valence-electron chi connectivity index (χ0n) is 9.51. The first kappa shape index (κ1) is 11.0. The van der Waals surface area contributed by atoms with E-state index in [0.29, 0.717) is 11.8 Å². The summed E-state index contributed by atoms with van der Waals surface area (Å²) in [5, 5.41) is 10.2. The molecule has 3 unspecified atom stereocenters. The van der Waals surface area contributed by atoms with Gasteiger partial charge < -0.3 is 5.11 Å². The van der Waals surface area contributed by atoms with Crippen molar-refractivity contribution in [3.63, 3.8) is 0 Å². The van der Waals surface area contributed by atoms with Crippen molar-refractivity contribution in [3.8, 4) is 0 Å². The van der Waals surface area contributed by atoms with Crippen LogP contribution in [-0.4, -0.2) is 11.2 Å². The zero-order chi connectivity index (χ0) is 10.1. The van der Waals surface area contributed by atoms with Gasteiger partial charge in [0.05, 0.1) is 6.10 Å². The molecule has 13 heavy (non-hydrogen) atoms. The van der Waals surface area contributed by atoms with E-state index in [1.54, 1.807) is 0 Å². The van der Waals surface area contributed by atoms with Crippen LogP contribution in [0.3, 0.4) is 0 Å². The highest BCUT2D eigenvalue weighted by atomic mass is 16.3. The van der Waals surface area contributed by atoms with E-state index < -0.39 is 0 Å². The second-order valence-corrected chi connectivity index (χ2v) is 5.74. The van der Waals surface area contributed by atoms with E-state index in [2.05, 4.69) is 27.7 Å². The molecule has 1 aliphatic rings. The van der Waals surface area contributed by atoms with E-state index in [0.717, 1.165) is 0 Å². The molecule has 1 heteroatoms. The summed E-state index contributed by atoms with van der Waals surface area (Å²) in [4.78, 5) is 0. The quantitative estimate of drug-likeness (QED) is 0.663. The van der Waals surface area contributed by atoms with E-state index >= 15 is 0 Å². The lowest BCUT2D eigenvalue weighted by molar-refractivity contribution is -0.0224. The van der Waals surface area contributed by atoms with E-state index in [9.17, 15) is 5.11 Å². The minimum absolute atomic E-state index is 0.0519. The number of rotatable bonds is 1. The van der Waals surface area contributed by atoms with Gasteiger partial charge >= 0.3 is 0 Å². The maximum atomic E-state index is 10.2. The van der Waals surface area contributed by atoms with Crippen molar-refractivity contribution in [3.05, 3.63) is 0 Å². The van der Waals surface area contributed by atoms with Crippen LogP contribution in [-0.2, 0) is 0 Å². The van der Waals surface area contributed by atoms with Crippen molar-refractivity contribution < 1.29 is 5.11 Å². The first-order valence-electron chi connectivity index (χ1n) is 5.61. The standard InChI is InChI=1S/C12H24O/c1-9-7-5-6-8-10(9)11(13)12(2,3)4/h9-11,13H,5-8H2,1-4H3. The molecule has 1 saturated carbocycles. The van der Waals surface area contributed by atoms with Crippen LogP contribution in [0.2, 0.25) is 0 Å². The summed E-state index contributed by atoms with van der Waals surface area (Å²) in [5.41, 5.74) is 0.0519. The van der Waals surface area contributed by atoms with E-state index in [1.165, 1.54) is 25.7 Å². The molecule has 78 valence electrons. The Hall–Kier alpha value is -0.0400. The van der Waals surface area contributed by atoms with Crippen LogP contribution in [0, 0.1) is 17.3 Å². The molecule has 0 aromatic rings. The largest absolute Gasteiger partial charge is 0.392 e. The molecule has 3 atom stereocenters. The predicted octanol–water partition coefficient (Wildman–Crippen LogP) is 3.22. The van der Waals surface area contributed by atoms with Gasteiger partial charge in [-0.15, -0.1) is 0 Å². The second-order valence-electron chi connectivity index (χ2n) is 5.74. The smallest absolute Gasteiger partial charge is 0.0619 e. The van der Waals surface area contributed by atoms with Gasteiger partial charge in [-0.1, -0.05) is 47.0 Å². The fourth-order valence-electron chi connectivity index (χ4n) is 2.46.